The van der Waals surface area contributed by atoms with Crippen LogP contribution >= 0.6 is 0 Å². The van der Waals surface area contributed by atoms with Crippen molar-refractivity contribution in [2.24, 2.45) is 16.7 Å². The number of carbonyl (C=O) groups excluding carboxylic acids is 1. The van der Waals surface area contributed by atoms with E-state index in [0.717, 1.165) is 12.8 Å². The normalized spacial score (nSPS) is 51.5. The molecule has 3 rings (SSSR count). The largest absolute Gasteiger partial charge is 0.389 e. The van der Waals surface area contributed by atoms with Crippen molar-refractivity contribution in [3.63, 3.8) is 0 Å². The van der Waals surface area contributed by atoms with Crippen LogP contribution in [0.4, 0.5) is 0 Å². The summed E-state index contributed by atoms with van der Waals surface area (Å²) in [5.74, 6) is 0.185. The molecule has 0 saturated heterocycles. The van der Waals surface area contributed by atoms with Crippen molar-refractivity contribution >= 4 is 5.78 Å². The third-order valence-electron chi connectivity index (χ3n) is 6.23. The highest BCUT2D eigenvalue weighted by Crippen LogP contribution is 2.71. The second-order valence-electron chi connectivity index (χ2n) is 7.86. The second-order valence-corrected chi connectivity index (χ2v) is 7.86. The van der Waals surface area contributed by atoms with Gasteiger partial charge in [-0.3, -0.25) is 4.79 Å². The molecule has 4 atom stereocenters. The van der Waals surface area contributed by atoms with Gasteiger partial charge in [0.1, 0.15) is 0 Å². The Morgan fingerprint density at radius 1 is 1.32 bits per heavy atom. The molecule has 0 spiro atoms. The Bertz CT molecular complexity index is 480. The minimum Gasteiger partial charge on any atom is -0.389 e. The fourth-order valence-electron chi connectivity index (χ4n) is 5.43. The lowest BCUT2D eigenvalue weighted by atomic mass is 9.68. The van der Waals surface area contributed by atoms with E-state index in [4.69, 9.17) is 4.74 Å². The van der Waals surface area contributed by atoms with Crippen LogP contribution in [0.25, 0.3) is 0 Å². The zero-order valence-corrected chi connectivity index (χ0v) is 12.4. The predicted octanol–water partition coefficient (Wildman–Crippen LogP) is 2.48. The Balaban J connectivity index is 2.14. The van der Waals surface area contributed by atoms with Crippen LogP contribution in [-0.2, 0) is 9.53 Å². The van der Waals surface area contributed by atoms with E-state index in [1.165, 1.54) is 0 Å². The summed E-state index contributed by atoms with van der Waals surface area (Å²) < 4.78 is 5.79. The van der Waals surface area contributed by atoms with Crippen molar-refractivity contribution in [2.45, 2.75) is 57.7 Å². The van der Waals surface area contributed by atoms with E-state index in [1.807, 2.05) is 0 Å². The van der Waals surface area contributed by atoms with Gasteiger partial charge in [-0.2, -0.15) is 0 Å². The molecule has 3 nitrogen and oxygen atoms in total. The number of aliphatic hydroxyl groups is 1. The van der Waals surface area contributed by atoms with Gasteiger partial charge >= 0.3 is 0 Å². The van der Waals surface area contributed by atoms with Crippen molar-refractivity contribution in [1.82, 2.24) is 0 Å². The minimum absolute atomic E-state index is 0.0777. The van der Waals surface area contributed by atoms with Gasteiger partial charge in [-0.25, -0.2) is 0 Å². The molecule has 19 heavy (non-hydrogen) atoms. The molecule has 0 aromatic carbocycles. The standard InChI is InChI=1S/C16H24O3/c1-10-11(17)6-16(19-5)9-15(18)8-13(2,3)7-12(15)14(10,16)4/h12,18H,1,6-9H2,2-5H3. The number of fused-ring (bicyclic) bond motifs is 3. The van der Waals surface area contributed by atoms with Crippen molar-refractivity contribution in [2.75, 3.05) is 7.11 Å². The van der Waals surface area contributed by atoms with E-state index < -0.39 is 16.6 Å². The first kappa shape index (κ1) is 13.3. The predicted molar refractivity (Wildman–Crippen MR) is 72.7 cm³/mol. The van der Waals surface area contributed by atoms with Gasteiger partial charge in [-0.15, -0.1) is 0 Å². The molecule has 106 valence electrons. The quantitative estimate of drug-likeness (QED) is 0.740. The average molecular weight is 264 g/mol. The first-order valence-electron chi connectivity index (χ1n) is 7.10. The van der Waals surface area contributed by atoms with Crippen LogP contribution in [-0.4, -0.2) is 29.2 Å². The molecule has 1 N–H and O–H groups in total. The number of carbonyl (C=O) groups is 1. The Morgan fingerprint density at radius 3 is 2.53 bits per heavy atom. The van der Waals surface area contributed by atoms with Crippen LogP contribution in [0, 0.1) is 16.7 Å². The van der Waals surface area contributed by atoms with Crippen LogP contribution < -0.4 is 0 Å². The maximum atomic E-state index is 12.2. The molecular formula is C16H24O3. The van der Waals surface area contributed by atoms with Crippen molar-refractivity contribution in [3.05, 3.63) is 12.2 Å². The number of ketones is 1. The third kappa shape index (κ3) is 1.33. The topological polar surface area (TPSA) is 46.5 Å². The molecule has 3 aliphatic rings. The fourth-order valence-corrected chi connectivity index (χ4v) is 5.43. The summed E-state index contributed by atoms with van der Waals surface area (Å²) >= 11 is 0. The molecule has 0 bridgehead atoms. The number of hydrogen-bond donors (Lipinski definition) is 1. The molecule has 3 heteroatoms. The van der Waals surface area contributed by atoms with E-state index in [0.29, 0.717) is 18.4 Å². The highest BCUT2D eigenvalue weighted by atomic mass is 16.5. The molecule has 3 fully saturated rings. The van der Waals surface area contributed by atoms with Gasteiger partial charge in [0.15, 0.2) is 5.78 Å². The highest BCUT2D eigenvalue weighted by molar-refractivity contribution is 6.00. The van der Waals surface area contributed by atoms with Crippen molar-refractivity contribution in [1.29, 1.82) is 0 Å². The zero-order valence-electron chi connectivity index (χ0n) is 12.4. The third-order valence-corrected chi connectivity index (χ3v) is 6.23. The maximum absolute atomic E-state index is 12.2. The monoisotopic (exact) mass is 264 g/mol. The Kier molecular flexibility index (Phi) is 2.32. The molecule has 0 aromatic rings. The number of Topliss-reactive ketones (excluding diaryl/α,β-unsaturated/α-hetero) is 1. The van der Waals surface area contributed by atoms with Gasteiger partial charge in [0.25, 0.3) is 0 Å². The van der Waals surface area contributed by atoms with Crippen LogP contribution in [0.3, 0.4) is 0 Å². The summed E-state index contributed by atoms with van der Waals surface area (Å²) in [5, 5.41) is 11.1. The molecule has 0 heterocycles. The smallest absolute Gasteiger partial charge is 0.161 e. The molecule has 0 aromatic heterocycles. The van der Waals surface area contributed by atoms with Gasteiger partial charge in [-0.05, 0) is 23.8 Å². The average Bonchev–Trinajstić information content (AvgIpc) is 2.70. The van der Waals surface area contributed by atoms with E-state index in [1.54, 1.807) is 7.11 Å². The van der Waals surface area contributed by atoms with E-state index in [9.17, 15) is 9.90 Å². The van der Waals surface area contributed by atoms with E-state index in [-0.39, 0.29) is 17.1 Å². The molecule has 3 saturated carbocycles. The van der Waals surface area contributed by atoms with Gasteiger partial charge in [0.2, 0.25) is 0 Å². The zero-order chi connectivity index (χ0) is 14.3. The van der Waals surface area contributed by atoms with Crippen molar-refractivity contribution in [3.8, 4) is 0 Å². The number of hydrogen-bond acceptors (Lipinski definition) is 3. The van der Waals surface area contributed by atoms with Gasteiger partial charge < -0.3 is 9.84 Å². The SMILES string of the molecule is C=C1C(=O)CC2(OC)CC3(O)CC(C)(C)CC3C12C. The molecule has 0 aliphatic heterocycles. The van der Waals surface area contributed by atoms with E-state index in [2.05, 4.69) is 27.4 Å². The number of rotatable bonds is 1. The molecule has 4 unspecified atom stereocenters. The van der Waals surface area contributed by atoms with Gasteiger partial charge in [-0.1, -0.05) is 27.4 Å². The summed E-state index contributed by atoms with van der Waals surface area (Å²) in [6.45, 7) is 10.5. The molecule has 0 radical (unpaired) electrons. The Labute approximate surface area is 115 Å². The van der Waals surface area contributed by atoms with Gasteiger partial charge in [0, 0.05) is 31.3 Å². The molecule has 3 aliphatic carbocycles. The van der Waals surface area contributed by atoms with Gasteiger partial charge in [0.05, 0.1) is 11.2 Å². The van der Waals surface area contributed by atoms with Crippen LogP contribution in [0.5, 0.6) is 0 Å². The first-order chi connectivity index (χ1) is 8.60. The Morgan fingerprint density at radius 2 is 1.95 bits per heavy atom. The lowest BCUT2D eigenvalue weighted by molar-refractivity contribution is -0.119. The highest BCUT2D eigenvalue weighted by Gasteiger charge is 2.75. The Hall–Kier alpha value is -0.670. The van der Waals surface area contributed by atoms with Crippen molar-refractivity contribution < 1.29 is 14.6 Å². The molecule has 0 amide bonds. The lowest BCUT2D eigenvalue weighted by Crippen LogP contribution is -2.43. The minimum atomic E-state index is -0.710. The number of methoxy groups -OCH3 is 1. The first-order valence-corrected chi connectivity index (χ1v) is 7.10. The van der Waals surface area contributed by atoms with Crippen LogP contribution in [0.15, 0.2) is 12.2 Å². The fraction of sp³-hybridized carbons (Fsp3) is 0.812. The maximum Gasteiger partial charge on any atom is 0.161 e. The summed E-state index contributed by atoms with van der Waals surface area (Å²) in [6.07, 6.45) is 2.65. The summed E-state index contributed by atoms with van der Waals surface area (Å²) in [5.41, 5.74) is -0.891. The second kappa shape index (κ2) is 3.32. The molecular weight excluding hydrogens is 240 g/mol. The van der Waals surface area contributed by atoms with Crippen LogP contribution in [0.1, 0.15) is 46.5 Å². The summed E-state index contributed by atoms with van der Waals surface area (Å²) in [7, 11) is 1.67. The number of ether oxygens (including phenoxy) is 1. The van der Waals surface area contributed by atoms with Crippen LogP contribution in [0.2, 0.25) is 0 Å². The summed E-state index contributed by atoms with van der Waals surface area (Å²) in [4.78, 5) is 12.2. The van der Waals surface area contributed by atoms with E-state index >= 15 is 0 Å². The summed E-state index contributed by atoms with van der Waals surface area (Å²) in [6, 6.07) is 0. The lowest BCUT2D eigenvalue weighted by Gasteiger charge is -2.40.